The molecule has 0 saturated heterocycles. The first-order valence-corrected chi connectivity index (χ1v) is 17.5. The van der Waals surface area contributed by atoms with E-state index in [1.165, 1.54) is 42.1 Å². The predicted octanol–water partition coefficient (Wildman–Crippen LogP) is 12.0. The van der Waals surface area contributed by atoms with E-state index < -0.39 is 0 Å². The minimum absolute atomic E-state index is 0.633. The van der Waals surface area contributed by atoms with E-state index in [-0.39, 0.29) is 0 Å². The minimum Gasteiger partial charge on any atom is -0.309 e. The molecule has 234 valence electrons. The van der Waals surface area contributed by atoms with Gasteiger partial charge in [0.1, 0.15) is 0 Å². The first kappa shape index (κ1) is 28.6. The van der Waals surface area contributed by atoms with E-state index in [1.807, 2.05) is 29.5 Å². The van der Waals surface area contributed by atoms with Crippen LogP contribution >= 0.6 is 11.3 Å². The summed E-state index contributed by atoms with van der Waals surface area (Å²) < 4.78 is 4.80. The van der Waals surface area contributed by atoms with Gasteiger partial charge in [0, 0.05) is 53.3 Å². The van der Waals surface area contributed by atoms with Gasteiger partial charge >= 0.3 is 0 Å². The average molecular weight is 657 g/mol. The van der Waals surface area contributed by atoms with Crippen LogP contribution in [0.5, 0.6) is 0 Å². The van der Waals surface area contributed by atoms with Crippen LogP contribution in [0.2, 0.25) is 0 Å². The summed E-state index contributed by atoms with van der Waals surface area (Å²) in [6.07, 6.45) is 0. The molecule has 0 aliphatic rings. The van der Waals surface area contributed by atoms with Crippen LogP contribution in [0.15, 0.2) is 170 Å². The molecule has 0 aliphatic carbocycles. The van der Waals surface area contributed by atoms with Crippen LogP contribution < -0.4 is 0 Å². The van der Waals surface area contributed by atoms with Crippen molar-refractivity contribution in [3.05, 3.63) is 170 Å². The number of hydrogen-bond donors (Lipinski definition) is 0. The van der Waals surface area contributed by atoms with Gasteiger partial charge in [-0.05, 0) is 53.6 Å². The van der Waals surface area contributed by atoms with Gasteiger partial charge < -0.3 is 4.57 Å². The lowest BCUT2D eigenvalue weighted by Gasteiger charge is -2.12. The topological polar surface area (TPSA) is 43.6 Å². The van der Waals surface area contributed by atoms with Gasteiger partial charge in [0.05, 0.1) is 11.0 Å². The van der Waals surface area contributed by atoms with Gasteiger partial charge in [-0.1, -0.05) is 127 Å². The van der Waals surface area contributed by atoms with Crippen molar-refractivity contribution < 1.29 is 0 Å². The third-order valence-corrected chi connectivity index (χ3v) is 10.5. The van der Waals surface area contributed by atoms with Crippen molar-refractivity contribution in [1.29, 1.82) is 0 Å². The normalized spacial score (nSPS) is 11.6. The minimum atomic E-state index is 0.633. The largest absolute Gasteiger partial charge is 0.309 e. The summed E-state index contributed by atoms with van der Waals surface area (Å²) in [6, 6.07) is 59.7. The van der Waals surface area contributed by atoms with Gasteiger partial charge in [-0.25, -0.2) is 15.0 Å². The Hall–Kier alpha value is -6.43. The lowest BCUT2D eigenvalue weighted by atomic mass is 9.97. The number of nitrogens with zero attached hydrogens (tertiary/aromatic N) is 4. The number of rotatable bonds is 5. The standard InChI is InChI=1S/C45H28N4S/c1-3-14-29(15-4-1)37-27-32(28-41-42(37)36-22-9-12-25-40(36)50-41)45-47-43(30-16-5-2-6-17-30)46-44(48-45)31-18-13-19-33(26-31)49-38-23-10-7-20-34(38)35-21-8-11-24-39(35)49/h1-28H. The highest BCUT2D eigenvalue weighted by molar-refractivity contribution is 7.26. The molecule has 0 radical (unpaired) electrons. The summed E-state index contributed by atoms with van der Waals surface area (Å²) in [6.45, 7) is 0. The summed E-state index contributed by atoms with van der Waals surface area (Å²) >= 11 is 1.81. The number of hydrogen-bond acceptors (Lipinski definition) is 4. The van der Waals surface area contributed by atoms with Gasteiger partial charge in [0.2, 0.25) is 0 Å². The maximum absolute atomic E-state index is 5.22. The van der Waals surface area contributed by atoms with Crippen LogP contribution in [0.3, 0.4) is 0 Å². The molecule has 0 bridgehead atoms. The highest BCUT2D eigenvalue weighted by Gasteiger charge is 2.18. The van der Waals surface area contributed by atoms with Crippen molar-refractivity contribution in [1.82, 2.24) is 19.5 Å². The Morgan fingerprint density at radius 2 is 0.920 bits per heavy atom. The fraction of sp³-hybridized carbons (Fsp3) is 0. The van der Waals surface area contributed by atoms with Gasteiger partial charge in [-0.3, -0.25) is 0 Å². The maximum Gasteiger partial charge on any atom is 0.164 e. The molecule has 0 N–H and O–H groups in total. The lowest BCUT2D eigenvalue weighted by molar-refractivity contribution is 1.07. The first-order valence-electron chi connectivity index (χ1n) is 16.7. The van der Waals surface area contributed by atoms with E-state index in [9.17, 15) is 0 Å². The number of para-hydroxylation sites is 2. The van der Waals surface area contributed by atoms with Crippen molar-refractivity contribution in [2.24, 2.45) is 0 Å². The van der Waals surface area contributed by atoms with Crippen molar-refractivity contribution in [3.8, 4) is 51.0 Å². The van der Waals surface area contributed by atoms with Crippen molar-refractivity contribution in [2.45, 2.75) is 0 Å². The smallest absolute Gasteiger partial charge is 0.164 e. The zero-order chi connectivity index (χ0) is 33.0. The molecule has 10 aromatic rings. The molecule has 0 saturated carbocycles. The van der Waals surface area contributed by atoms with Crippen LogP contribution in [0.25, 0.3) is 93.0 Å². The van der Waals surface area contributed by atoms with Gasteiger partial charge in [-0.15, -0.1) is 11.3 Å². The van der Waals surface area contributed by atoms with Crippen LogP contribution in [0, 0.1) is 0 Å². The monoisotopic (exact) mass is 656 g/mol. The van der Waals surface area contributed by atoms with E-state index >= 15 is 0 Å². The van der Waals surface area contributed by atoms with E-state index in [1.54, 1.807) is 0 Å². The van der Waals surface area contributed by atoms with Gasteiger partial charge in [0.25, 0.3) is 0 Å². The van der Waals surface area contributed by atoms with Crippen molar-refractivity contribution >= 4 is 53.3 Å². The highest BCUT2D eigenvalue weighted by Crippen LogP contribution is 2.43. The van der Waals surface area contributed by atoms with Crippen LogP contribution in [-0.2, 0) is 0 Å². The molecule has 4 nitrogen and oxygen atoms in total. The number of fused-ring (bicyclic) bond motifs is 6. The Balaban J connectivity index is 1.20. The molecule has 3 aromatic heterocycles. The predicted molar refractivity (Wildman–Crippen MR) is 209 cm³/mol. The second-order valence-corrected chi connectivity index (χ2v) is 13.5. The quantitative estimate of drug-likeness (QED) is 0.185. The summed E-state index contributed by atoms with van der Waals surface area (Å²) in [5.41, 5.74) is 8.56. The first-order chi connectivity index (χ1) is 24.8. The Bertz CT molecular complexity index is 2820. The Morgan fingerprint density at radius 1 is 0.380 bits per heavy atom. The number of thiophene rings is 1. The third-order valence-electron chi connectivity index (χ3n) is 9.43. The molecule has 0 spiro atoms. The van der Waals surface area contributed by atoms with E-state index in [0.29, 0.717) is 17.5 Å². The summed E-state index contributed by atoms with van der Waals surface area (Å²) in [4.78, 5) is 15.4. The third kappa shape index (κ3) is 4.71. The molecule has 0 amide bonds. The molecule has 7 aromatic carbocycles. The van der Waals surface area contributed by atoms with Crippen LogP contribution in [0.4, 0.5) is 0 Å². The highest BCUT2D eigenvalue weighted by atomic mass is 32.1. The lowest BCUT2D eigenvalue weighted by Crippen LogP contribution is -2.01. The Kier molecular flexibility index (Phi) is 6.64. The fourth-order valence-electron chi connectivity index (χ4n) is 7.16. The molecule has 0 unspecified atom stereocenters. The molecule has 3 heterocycles. The zero-order valence-corrected chi connectivity index (χ0v) is 27.7. The average Bonchev–Trinajstić information content (AvgIpc) is 3.74. The molecule has 0 aliphatic heterocycles. The van der Waals surface area contributed by atoms with E-state index in [0.717, 1.165) is 33.4 Å². The summed E-state index contributed by atoms with van der Waals surface area (Å²) in [5.74, 6) is 1.92. The molecular weight excluding hydrogens is 629 g/mol. The van der Waals surface area contributed by atoms with Crippen LogP contribution in [0.1, 0.15) is 0 Å². The Morgan fingerprint density at radius 3 is 1.62 bits per heavy atom. The maximum atomic E-state index is 5.22. The van der Waals surface area contributed by atoms with Crippen LogP contribution in [-0.4, -0.2) is 19.5 Å². The SMILES string of the molecule is c1ccc(-c2nc(-c3cccc(-n4c5ccccc5c5ccccc54)c3)nc(-c3cc(-c4ccccc4)c4c(c3)sc3ccccc34)n2)cc1. The summed E-state index contributed by atoms with van der Waals surface area (Å²) in [5, 5.41) is 4.99. The second kappa shape index (κ2) is 11.6. The number of benzene rings is 7. The Labute approximate surface area is 292 Å². The van der Waals surface area contributed by atoms with Crippen molar-refractivity contribution in [2.75, 3.05) is 0 Å². The van der Waals surface area contributed by atoms with Gasteiger partial charge in [0.15, 0.2) is 17.5 Å². The second-order valence-electron chi connectivity index (χ2n) is 12.5. The summed E-state index contributed by atoms with van der Waals surface area (Å²) in [7, 11) is 0. The van der Waals surface area contributed by atoms with E-state index in [4.69, 9.17) is 15.0 Å². The molecule has 50 heavy (non-hydrogen) atoms. The molecular formula is C45H28N4S. The zero-order valence-electron chi connectivity index (χ0n) is 26.9. The molecule has 0 fully saturated rings. The molecule has 10 rings (SSSR count). The molecule has 5 heteroatoms. The molecule has 0 atom stereocenters. The number of aromatic nitrogens is 4. The van der Waals surface area contributed by atoms with E-state index in [2.05, 4.69) is 156 Å². The fourth-order valence-corrected chi connectivity index (χ4v) is 8.34. The van der Waals surface area contributed by atoms with Gasteiger partial charge in [-0.2, -0.15) is 0 Å². The van der Waals surface area contributed by atoms with Crippen molar-refractivity contribution in [3.63, 3.8) is 0 Å².